The molecule has 30 heavy (non-hydrogen) atoms. The van der Waals surface area contributed by atoms with Gasteiger partial charge in [0.25, 0.3) is 5.56 Å². The number of halogens is 1. The van der Waals surface area contributed by atoms with E-state index in [1.54, 1.807) is 23.2 Å². The first-order valence-corrected chi connectivity index (χ1v) is 9.95. The molecule has 0 amide bonds. The molecule has 2 aromatic carbocycles. The Morgan fingerprint density at radius 2 is 1.90 bits per heavy atom. The maximum atomic E-state index is 13.5. The third-order valence-corrected chi connectivity index (χ3v) is 5.49. The van der Waals surface area contributed by atoms with E-state index in [2.05, 4.69) is 20.3 Å². The summed E-state index contributed by atoms with van der Waals surface area (Å²) in [6, 6.07) is 18.7. The molecule has 0 bridgehead atoms. The first kappa shape index (κ1) is 18.4. The largest absolute Gasteiger partial charge is 0.360 e. The van der Waals surface area contributed by atoms with Crippen LogP contribution in [0.1, 0.15) is 18.7 Å². The highest BCUT2D eigenvalue weighted by molar-refractivity contribution is 6.35. The van der Waals surface area contributed by atoms with Crippen molar-refractivity contribution < 1.29 is 0 Å². The van der Waals surface area contributed by atoms with E-state index in [0.29, 0.717) is 16.2 Å². The Morgan fingerprint density at radius 3 is 2.73 bits per heavy atom. The SMILES string of the molecule is CC(Nc1nccc2[nH]cnc12)c1cc2cccc(Cl)c2c(=O)n1-c1ccccc1. The van der Waals surface area contributed by atoms with Crippen LogP contribution in [0.3, 0.4) is 0 Å². The zero-order valence-electron chi connectivity index (χ0n) is 16.1. The molecule has 7 heteroatoms. The molecule has 5 aromatic rings. The number of hydrogen-bond acceptors (Lipinski definition) is 4. The maximum absolute atomic E-state index is 13.5. The van der Waals surface area contributed by atoms with Gasteiger partial charge in [-0.15, -0.1) is 0 Å². The molecule has 0 radical (unpaired) electrons. The maximum Gasteiger partial charge on any atom is 0.264 e. The molecule has 6 nitrogen and oxygen atoms in total. The van der Waals surface area contributed by atoms with E-state index >= 15 is 0 Å². The van der Waals surface area contributed by atoms with Crippen LogP contribution in [-0.4, -0.2) is 19.5 Å². The molecule has 3 aromatic heterocycles. The molecule has 2 N–H and O–H groups in total. The number of benzene rings is 2. The summed E-state index contributed by atoms with van der Waals surface area (Å²) in [5.41, 5.74) is 3.07. The van der Waals surface area contributed by atoms with Gasteiger partial charge in [-0.25, -0.2) is 9.97 Å². The van der Waals surface area contributed by atoms with Crippen LogP contribution in [0.4, 0.5) is 5.82 Å². The summed E-state index contributed by atoms with van der Waals surface area (Å²) >= 11 is 6.39. The second kappa shape index (κ2) is 7.31. The van der Waals surface area contributed by atoms with Gasteiger partial charge >= 0.3 is 0 Å². The molecule has 0 aliphatic rings. The Balaban J connectivity index is 1.71. The number of rotatable bonds is 4. The van der Waals surface area contributed by atoms with Crippen molar-refractivity contribution in [2.45, 2.75) is 13.0 Å². The summed E-state index contributed by atoms with van der Waals surface area (Å²) in [5.74, 6) is 0.652. The van der Waals surface area contributed by atoms with Gasteiger partial charge in [-0.05, 0) is 42.6 Å². The van der Waals surface area contributed by atoms with E-state index in [9.17, 15) is 4.79 Å². The summed E-state index contributed by atoms with van der Waals surface area (Å²) in [6.45, 7) is 2.00. The van der Waals surface area contributed by atoms with Gasteiger partial charge in [0.2, 0.25) is 0 Å². The van der Waals surface area contributed by atoms with Crippen LogP contribution < -0.4 is 10.9 Å². The minimum atomic E-state index is -0.226. The Kier molecular flexibility index (Phi) is 4.48. The molecule has 148 valence electrons. The lowest BCUT2D eigenvalue weighted by molar-refractivity contribution is 0.774. The number of H-pyrrole nitrogens is 1. The molecule has 3 heterocycles. The van der Waals surface area contributed by atoms with Crippen molar-refractivity contribution in [3.63, 3.8) is 0 Å². The number of aromatic nitrogens is 4. The quantitative estimate of drug-likeness (QED) is 0.428. The number of nitrogens with one attached hydrogen (secondary N) is 2. The van der Waals surface area contributed by atoms with Gasteiger partial charge in [-0.1, -0.05) is 41.9 Å². The van der Waals surface area contributed by atoms with Crippen LogP contribution in [0.5, 0.6) is 0 Å². The smallest absolute Gasteiger partial charge is 0.264 e. The van der Waals surface area contributed by atoms with Crippen molar-refractivity contribution in [2.75, 3.05) is 5.32 Å². The predicted octanol–water partition coefficient (Wildman–Crippen LogP) is 5.09. The van der Waals surface area contributed by atoms with Crippen molar-refractivity contribution in [1.29, 1.82) is 0 Å². The lowest BCUT2D eigenvalue weighted by Crippen LogP contribution is -2.25. The Morgan fingerprint density at radius 1 is 1.07 bits per heavy atom. The monoisotopic (exact) mass is 415 g/mol. The summed E-state index contributed by atoms with van der Waals surface area (Å²) in [6.07, 6.45) is 3.36. The van der Waals surface area contributed by atoms with Crippen molar-refractivity contribution >= 4 is 39.2 Å². The van der Waals surface area contributed by atoms with E-state index in [1.807, 2.05) is 61.5 Å². The summed E-state index contributed by atoms with van der Waals surface area (Å²) in [7, 11) is 0. The molecule has 1 atom stereocenters. The van der Waals surface area contributed by atoms with Gasteiger partial charge in [0.1, 0.15) is 5.52 Å². The molecule has 0 spiro atoms. The summed E-state index contributed by atoms with van der Waals surface area (Å²) in [4.78, 5) is 25.4. The van der Waals surface area contributed by atoms with E-state index < -0.39 is 0 Å². The first-order chi connectivity index (χ1) is 14.6. The fraction of sp³-hybridized carbons (Fsp3) is 0.0870. The number of aromatic amines is 1. The molecule has 1 unspecified atom stereocenters. The van der Waals surface area contributed by atoms with Gasteiger partial charge in [-0.3, -0.25) is 9.36 Å². The highest BCUT2D eigenvalue weighted by Gasteiger charge is 2.19. The lowest BCUT2D eigenvalue weighted by atomic mass is 10.1. The van der Waals surface area contributed by atoms with Gasteiger partial charge in [0, 0.05) is 17.6 Å². The van der Waals surface area contributed by atoms with E-state index in [4.69, 9.17) is 11.6 Å². The fourth-order valence-electron chi connectivity index (χ4n) is 3.75. The number of hydrogen-bond donors (Lipinski definition) is 2. The predicted molar refractivity (Wildman–Crippen MR) is 120 cm³/mol. The number of imidazole rings is 1. The summed E-state index contributed by atoms with van der Waals surface area (Å²) in [5, 5.41) is 5.17. The summed E-state index contributed by atoms with van der Waals surface area (Å²) < 4.78 is 1.70. The van der Waals surface area contributed by atoms with Crippen molar-refractivity contribution in [1.82, 2.24) is 19.5 Å². The molecular weight excluding hydrogens is 398 g/mol. The lowest BCUT2D eigenvalue weighted by Gasteiger charge is -2.21. The van der Waals surface area contributed by atoms with Crippen molar-refractivity contribution in [3.05, 3.63) is 94.3 Å². The number of fused-ring (bicyclic) bond motifs is 2. The van der Waals surface area contributed by atoms with Gasteiger partial charge in [0.05, 0.1) is 28.3 Å². The normalized spacial score (nSPS) is 12.3. The molecule has 5 rings (SSSR count). The van der Waals surface area contributed by atoms with Crippen LogP contribution in [0.15, 0.2) is 78.0 Å². The highest BCUT2D eigenvalue weighted by atomic mass is 35.5. The van der Waals surface area contributed by atoms with E-state index in [1.165, 1.54) is 0 Å². The van der Waals surface area contributed by atoms with Crippen LogP contribution in [-0.2, 0) is 0 Å². The van der Waals surface area contributed by atoms with Crippen LogP contribution in [0.25, 0.3) is 27.5 Å². The highest BCUT2D eigenvalue weighted by Crippen LogP contribution is 2.28. The third-order valence-electron chi connectivity index (χ3n) is 5.17. The third kappa shape index (κ3) is 3.02. The van der Waals surface area contributed by atoms with E-state index in [-0.39, 0.29) is 11.6 Å². The fourth-order valence-corrected chi connectivity index (χ4v) is 4.02. The zero-order chi connectivity index (χ0) is 20.7. The van der Waals surface area contributed by atoms with Crippen molar-refractivity contribution in [3.8, 4) is 5.69 Å². The average Bonchev–Trinajstić information content (AvgIpc) is 3.24. The van der Waals surface area contributed by atoms with Gasteiger partial charge in [-0.2, -0.15) is 0 Å². The zero-order valence-corrected chi connectivity index (χ0v) is 16.9. The Bertz CT molecular complexity index is 1420. The second-order valence-corrected chi connectivity index (χ2v) is 7.48. The van der Waals surface area contributed by atoms with E-state index in [0.717, 1.165) is 27.8 Å². The van der Waals surface area contributed by atoms with Gasteiger partial charge in [0.15, 0.2) is 5.82 Å². The topological polar surface area (TPSA) is 75.6 Å². The van der Waals surface area contributed by atoms with Crippen molar-refractivity contribution in [2.24, 2.45) is 0 Å². The standard InChI is InChI=1S/C23H18ClN5O/c1-14(28-22-21-18(10-11-25-22)26-13-27-21)19-12-15-6-5-9-17(24)20(15)23(30)29(19)16-7-3-2-4-8-16/h2-14H,1H3,(H,25,28)(H,26,27). The minimum Gasteiger partial charge on any atom is -0.360 e. The Labute approximate surface area is 177 Å². The number of para-hydroxylation sites is 1. The molecule has 0 fully saturated rings. The van der Waals surface area contributed by atoms with Crippen LogP contribution in [0, 0.1) is 0 Å². The molecule has 0 aliphatic carbocycles. The first-order valence-electron chi connectivity index (χ1n) is 9.57. The van der Waals surface area contributed by atoms with Crippen LogP contribution in [0.2, 0.25) is 5.02 Å². The molecule has 0 saturated heterocycles. The molecular formula is C23H18ClN5O. The Hall–Kier alpha value is -3.64. The number of pyridine rings is 2. The number of nitrogens with zero attached hydrogens (tertiary/aromatic N) is 3. The van der Waals surface area contributed by atoms with Crippen LogP contribution >= 0.6 is 11.6 Å². The second-order valence-electron chi connectivity index (χ2n) is 7.07. The number of anilines is 1. The molecule has 0 saturated carbocycles. The molecule has 0 aliphatic heterocycles. The average molecular weight is 416 g/mol. The van der Waals surface area contributed by atoms with Gasteiger partial charge < -0.3 is 10.3 Å². The minimum absolute atomic E-state index is 0.154.